The van der Waals surface area contributed by atoms with Crippen molar-refractivity contribution >= 4 is 19.8 Å². The van der Waals surface area contributed by atoms with Gasteiger partial charge in [-0.1, -0.05) is 115 Å². The Morgan fingerprint density at radius 1 is 0.682 bits per heavy atom. The predicted molar refractivity (Wildman–Crippen MR) is 178 cm³/mol. The van der Waals surface area contributed by atoms with Gasteiger partial charge in [-0.3, -0.25) is 18.6 Å². The summed E-state index contributed by atoms with van der Waals surface area (Å²) < 4.78 is 32.5. The number of rotatable bonds is 32. The fourth-order valence-corrected chi connectivity index (χ4v) is 5.25. The Kier molecular flexibility index (Phi) is 30.4. The largest absolute Gasteiger partial charge is 0.472 e. The van der Waals surface area contributed by atoms with Crippen LogP contribution >= 0.6 is 7.82 Å². The van der Waals surface area contributed by atoms with Gasteiger partial charge in [-0.05, 0) is 44.9 Å². The van der Waals surface area contributed by atoms with Gasteiger partial charge in [0, 0.05) is 19.4 Å². The first-order valence-electron chi connectivity index (χ1n) is 17.3. The molecule has 258 valence electrons. The molecule has 2 atom stereocenters. The highest BCUT2D eigenvalue weighted by atomic mass is 31.2. The van der Waals surface area contributed by atoms with Crippen LogP contribution in [0.2, 0.25) is 0 Å². The van der Waals surface area contributed by atoms with Crippen LogP contribution in [0.25, 0.3) is 0 Å². The minimum Gasteiger partial charge on any atom is -0.462 e. The summed E-state index contributed by atoms with van der Waals surface area (Å²) in [6.45, 7) is 3.63. The maximum absolute atomic E-state index is 12.4. The quantitative estimate of drug-likeness (QED) is 0.0318. The summed E-state index contributed by atoms with van der Waals surface area (Å²) in [7, 11) is -4.36. The van der Waals surface area contributed by atoms with Gasteiger partial charge in [0.15, 0.2) is 6.10 Å². The number of unbranched alkanes of at least 4 members (excludes halogenated alkanes) is 15. The molecule has 0 aromatic rings. The average Bonchev–Trinajstić information content (AvgIpc) is 3.00. The minimum atomic E-state index is -4.36. The molecule has 0 aliphatic heterocycles. The van der Waals surface area contributed by atoms with E-state index in [9.17, 15) is 19.0 Å². The normalized spacial score (nSPS) is 13.8. The number of phosphoric acid groups is 1. The number of nitrogens with two attached hydrogens (primary N) is 1. The average molecular weight is 646 g/mol. The van der Waals surface area contributed by atoms with Crippen LogP contribution in [-0.2, 0) is 32.7 Å². The molecule has 0 spiro atoms. The molecule has 0 bridgehead atoms. The molecule has 9 nitrogen and oxygen atoms in total. The second-order valence-electron chi connectivity index (χ2n) is 11.4. The summed E-state index contributed by atoms with van der Waals surface area (Å²) in [4.78, 5) is 34.5. The number of hydrogen-bond donors (Lipinski definition) is 2. The Morgan fingerprint density at radius 3 is 1.77 bits per heavy atom. The molecule has 0 saturated heterocycles. The van der Waals surface area contributed by atoms with Gasteiger partial charge in [-0.2, -0.15) is 0 Å². The lowest BCUT2D eigenvalue weighted by Crippen LogP contribution is -2.29. The molecule has 0 amide bonds. The van der Waals surface area contributed by atoms with Crippen LogP contribution in [0.3, 0.4) is 0 Å². The van der Waals surface area contributed by atoms with Crippen molar-refractivity contribution in [1.29, 1.82) is 0 Å². The first-order valence-corrected chi connectivity index (χ1v) is 18.8. The second kappa shape index (κ2) is 31.5. The van der Waals surface area contributed by atoms with E-state index in [1.807, 2.05) is 0 Å². The zero-order valence-corrected chi connectivity index (χ0v) is 28.8. The van der Waals surface area contributed by atoms with Crippen molar-refractivity contribution in [3.8, 4) is 0 Å². The predicted octanol–water partition coefficient (Wildman–Crippen LogP) is 8.88. The van der Waals surface area contributed by atoms with Crippen LogP contribution in [0, 0.1) is 0 Å². The monoisotopic (exact) mass is 645 g/mol. The molecule has 0 aromatic heterocycles. The number of carbonyl (C=O) groups is 2. The Morgan fingerprint density at radius 2 is 1.18 bits per heavy atom. The van der Waals surface area contributed by atoms with Crippen LogP contribution in [0.1, 0.15) is 149 Å². The number of esters is 2. The van der Waals surface area contributed by atoms with Gasteiger partial charge in [0.25, 0.3) is 0 Å². The molecule has 3 N–H and O–H groups in total. The van der Waals surface area contributed by atoms with Crippen LogP contribution in [0.15, 0.2) is 24.3 Å². The lowest BCUT2D eigenvalue weighted by atomic mass is 10.1. The molecule has 0 heterocycles. The fourth-order valence-electron chi connectivity index (χ4n) is 4.49. The van der Waals surface area contributed by atoms with E-state index in [0.29, 0.717) is 6.42 Å². The smallest absolute Gasteiger partial charge is 0.462 e. The summed E-state index contributed by atoms with van der Waals surface area (Å²) in [5, 5.41) is 0. The topological polar surface area (TPSA) is 134 Å². The third-order valence-electron chi connectivity index (χ3n) is 7.09. The van der Waals surface area contributed by atoms with Gasteiger partial charge in [0.05, 0.1) is 13.2 Å². The SMILES string of the molecule is CCCCC/C=C/C/C=C/CCCCCCCC(=O)OC[C@@H](COP(=O)(O)OCCN)OC(=O)CCCCCCCCCC. The fraction of sp³-hybridized carbons (Fsp3) is 0.824. The molecule has 1 unspecified atom stereocenters. The van der Waals surface area contributed by atoms with E-state index >= 15 is 0 Å². The van der Waals surface area contributed by atoms with E-state index in [0.717, 1.165) is 64.2 Å². The van der Waals surface area contributed by atoms with Gasteiger partial charge in [-0.25, -0.2) is 4.57 Å². The molecule has 0 aliphatic carbocycles. The molecule has 44 heavy (non-hydrogen) atoms. The van der Waals surface area contributed by atoms with E-state index in [1.165, 1.54) is 51.4 Å². The molecular weight excluding hydrogens is 581 g/mol. The number of hydrogen-bond acceptors (Lipinski definition) is 8. The zero-order chi connectivity index (χ0) is 32.6. The highest BCUT2D eigenvalue weighted by Crippen LogP contribution is 2.43. The van der Waals surface area contributed by atoms with Crippen molar-refractivity contribution < 1.29 is 37.6 Å². The summed E-state index contributed by atoms with van der Waals surface area (Å²) in [5.41, 5.74) is 5.31. The Labute approximate surface area is 268 Å². The van der Waals surface area contributed by atoms with Crippen molar-refractivity contribution in [3.05, 3.63) is 24.3 Å². The first kappa shape index (κ1) is 42.5. The van der Waals surface area contributed by atoms with Crippen LogP contribution < -0.4 is 5.73 Å². The number of phosphoric ester groups is 1. The summed E-state index contributed by atoms with van der Waals surface area (Å²) >= 11 is 0. The van der Waals surface area contributed by atoms with E-state index in [1.54, 1.807) is 0 Å². The van der Waals surface area contributed by atoms with Crippen molar-refractivity contribution in [2.45, 2.75) is 155 Å². The molecule has 0 saturated carbocycles. The van der Waals surface area contributed by atoms with E-state index in [4.69, 9.17) is 24.3 Å². The summed E-state index contributed by atoms with van der Waals surface area (Å²) in [6, 6.07) is 0. The highest BCUT2D eigenvalue weighted by molar-refractivity contribution is 7.47. The highest BCUT2D eigenvalue weighted by Gasteiger charge is 2.25. The van der Waals surface area contributed by atoms with Gasteiger partial charge >= 0.3 is 19.8 Å². The minimum absolute atomic E-state index is 0.0523. The van der Waals surface area contributed by atoms with Crippen LogP contribution in [0.4, 0.5) is 0 Å². The van der Waals surface area contributed by atoms with Crippen molar-refractivity contribution in [3.63, 3.8) is 0 Å². The first-order chi connectivity index (χ1) is 21.3. The molecule has 0 radical (unpaired) electrons. The van der Waals surface area contributed by atoms with Crippen molar-refractivity contribution in [2.24, 2.45) is 5.73 Å². The van der Waals surface area contributed by atoms with E-state index < -0.39 is 32.5 Å². The van der Waals surface area contributed by atoms with Gasteiger partial charge in [0.1, 0.15) is 6.61 Å². The number of ether oxygens (including phenoxy) is 2. The molecule has 0 aliphatic rings. The number of carbonyl (C=O) groups excluding carboxylic acids is 2. The maximum atomic E-state index is 12.4. The molecule has 10 heteroatoms. The number of allylic oxidation sites excluding steroid dienone is 4. The van der Waals surface area contributed by atoms with Crippen LogP contribution in [0.5, 0.6) is 0 Å². The lowest BCUT2D eigenvalue weighted by molar-refractivity contribution is -0.161. The molecule has 0 aromatic carbocycles. The van der Waals surface area contributed by atoms with Gasteiger partial charge < -0.3 is 20.1 Å². The van der Waals surface area contributed by atoms with E-state index in [2.05, 4.69) is 38.2 Å². The third-order valence-corrected chi connectivity index (χ3v) is 8.07. The second-order valence-corrected chi connectivity index (χ2v) is 12.8. The van der Waals surface area contributed by atoms with Crippen molar-refractivity contribution in [1.82, 2.24) is 0 Å². The third kappa shape index (κ3) is 30.5. The standard InChI is InChI=1S/C34H64NO8P/c1-3-5-7-9-11-13-14-15-16-17-18-19-21-22-24-26-33(36)40-30-32(31-42-44(38,39)41-29-28-35)43-34(37)27-25-23-20-12-10-8-6-4-2/h11,13,15-16,32H,3-10,12,14,17-31,35H2,1-2H3,(H,38,39)/b13-11+,16-15+/t32-/m0/s1. The van der Waals surface area contributed by atoms with E-state index in [-0.39, 0.29) is 32.6 Å². The van der Waals surface area contributed by atoms with Gasteiger partial charge in [0.2, 0.25) is 0 Å². The maximum Gasteiger partial charge on any atom is 0.472 e. The molecule has 0 fully saturated rings. The molecule has 0 rings (SSSR count). The zero-order valence-electron chi connectivity index (χ0n) is 27.9. The Balaban J connectivity index is 4.25. The van der Waals surface area contributed by atoms with Gasteiger partial charge in [-0.15, -0.1) is 0 Å². The van der Waals surface area contributed by atoms with Crippen molar-refractivity contribution in [2.75, 3.05) is 26.4 Å². The van der Waals surface area contributed by atoms with Crippen LogP contribution in [-0.4, -0.2) is 49.3 Å². The Hall–Kier alpha value is -1.51. The summed E-state index contributed by atoms with van der Waals surface area (Å²) in [5.74, 6) is -0.851. The lowest BCUT2D eigenvalue weighted by Gasteiger charge is -2.19. The Bertz CT molecular complexity index is 789. The summed E-state index contributed by atoms with van der Waals surface area (Å²) in [6.07, 6.45) is 29.3. The molecular formula is C34H64NO8P.